The Kier molecular flexibility index (Phi) is 5.49. The molecule has 0 saturated carbocycles. The number of carbonyl (C=O) groups is 1. The molecule has 167 valence electrons. The van der Waals surface area contributed by atoms with Crippen LogP contribution in [0.5, 0.6) is 0 Å². The zero-order valence-electron chi connectivity index (χ0n) is 17.7. The number of carboxylic acids is 1. The molecule has 6 rings (SSSR count). The third-order valence-electron chi connectivity index (χ3n) is 5.62. The molecule has 4 aromatic rings. The first-order valence-electron chi connectivity index (χ1n) is 10.5. The molecule has 7 heteroatoms. The Bertz CT molecular complexity index is 1650. The topological polar surface area (TPSA) is 94.7 Å². The van der Waals surface area contributed by atoms with E-state index in [1.807, 2.05) is 84.9 Å². The Morgan fingerprint density at radius 1 is 0.676 bits per heavy atom. The van der Waals surface area contributed by atoms with Crippen LogP contribution in [0, 0.1) is 0 Å². The maximum atomic E-state index is 12.4. The Morgan fingerprint density at radius 2 is 1.26 bits per heavy atom. The maximum absolute atomic E-state index is 12.4. The van der Waals surface area contributed by atoms with E-state index in [0.717, 1.165) is 33.3 Å². The van der Waals surface area contributed by atoms with Gasteiger partial charge in [-0.25, -0.2) is 14.8 Å². The SMILES string of the molecule is O=C(O)C1=C(c2ccccc2)c2cc3ccc(cc4ccc(cc5nc(cc1n2)C=C5)[nH]4)[nH]3.[Co]. The molecule has 2 aliphatic heterocycles. The number of nitrogens with zero attached hydrogens (tertiary/aromatic N) is 2. The van der Waals surface area contributed by atoms with Gasteiger partial charge in [0.15, 0.2) is 0 Å². The Hall–Kier alpha value is -4.20. The van der Waals surface area contributed by atoms with Crippen LogP contribution in [0.15, 0.2) is 78.9 Å². The van der Waals surface area contributed by atoms with E-state index >= 15 is 0 Å². The number of aromatic nitrogens is 4. The van der Waals surface area contributed by atoms with Gasteiger partial charge in [-0.2, -0.15) is 0 Å². The quantitative estimate of drug-likeness (QED) is 0.304. The molecular formula is C27H18CoN4O2. The van der Waals surface area contributed by atoms with E-state index in [1.54, 1.807) is 6.07 Å². The van der Waals surface area contributed by atoms with E-state index < -0.39 is 5.97 Å². The van der Waals surface area contributed by atoms with Crippen molar-refractivity contribution in [3.05, 3.63) is 107 Å². The minimum atomic E-state index is -1.03. The van der Waals surface area contributed by atoms with Crippen LogP contribution < -0.4 is 0 Å². The van der Waals surface area contributed by atoms with Crippen molar-refractivity contribution in [1.82, 2.24) is 19.9 Å². The summed E-state index contributed by atoms with van der Waals surface area (Å²) in [5.74, 6) is -1.03. The van der Waals surface area contributed by atoms with Crippen molar-refractivity contribution < 1.29 is 26.7 Å². The Morgan fingerprint density at radius 3 is 1.91 bits per heavy atom. The van der Waals surface area contributed by atoms with E-state index in [2.05, 4.69) is 15.0 Å². The summed E-state index contributed by atoms with van der Waals surface area (Å²) in [6.07, 6.45) is 3.77. The molecule has 0 atom stereocenters. The first-order valence-corrected chi connectivity index (χ1v) is 10.5. The van der Waals surface area contributed by atoms with Gasteiger partial charge in [0, 0.05) is 44.4 Å². The average Bonchev–Trinajstić information content (AvgIpc) is 3.58. The summed E-state index contributed by atoms with van der Waals surface area (Å²) in [4.78, 5) is 28.5. The van der Waals surface area contributed by atoms with E-state index in [9.17, 15) is 9.90 Å². The summed E-state index contributed by atoms with van der Waals surface area (Å²) in [5.41, 5.74) is 7.61. The molecule has 1 aromatic carbocycles. The molecule has 34 heavy (non-hydrogen) atoms. The first kappa shape index (κ1) is 21.6. The van der Waals surface area contributed by atoms with Crippen LogP contribution in [-0.4, -0.2) is 31.0 Å². The van der Waals surface area contributed by atoms with Gasteiger partial charge in [-0.05, 0) is 66.2 Å². The number of hydrogen-bond acceptors (Lipinski definition) is 3. The predicted molar refractivity (Wildman–Crippen MR) is 130 cm³/mol. The van der Waals surface area contributed by atoms with Gasteiger partial charge < -0.3 is 15.1 Å². The molecule has 8 bridgehead atoms. The van der Waals surface area contributed by atoms with Gasteiger partial charge in [0.2, 0.25) is 0 Å². The molecule has 2 aliphatic rings. The molecule has 0 amide bonds. The maximum Gasteiger partial charge on any atom is 0.338 e. The molecule has 0 aliphatic carbocycles. The van der Waals surface area contributed by atoms with Crippen molar-refractivity contribution in [3.63, 3.8) is 0 Å². The fraction of sp³-hybridized carbons (Fsp3) is 0. The molecular weight excluding hydrogens is 471 g/mol. The van der Waals surface area contributed by atoms with Crippen LogP contribution in [0.2, 0.25) is 0 Å². The molecule has 3 aromatic heterocycles. The predicted octanol–water partition coefficient (Wildman–Crippen LogP) is 5.53. The summed E-state index contributed by atoms with van der Waals surface area (Å²) in [5, 5.41) is 10.1. The van der Waals surface area contributed by atoms with E-state index in [4.69, 9.17) is 4.98 Å². The van der Waals surface area contributed by atoms with Crippen molar-refractivity contribution >= 4 is 51.3 Å². The number of aliphatic carboxylic acids is 1. The smallest absolute Gasteiger partial charge is 0.338 e. The molecule has 0 saturated heterocycles. The van der Waals surface area contributed by atoms with Crippen molar-refractivity contribution in [3.8, 4) is 0 Å². The summed E-state index contributed by atoms with van der Waals surface area (Å²) < 4.78 is 0. The van der Waals surface area contributed by atoms with Gasteiger partial charge in [-0.3, -0.25) is 0 Å². The minimum Gasteiger partial charge on any atom is -0.478 e. The molecule has 3 N–H and O–H groups in total. The van der Waals surface area contributed by atoms with E-state index in [0.29, 0.717) is 22.7 Å². The number of aromatic amines is 2. The van der Waals surface area contributed by atoms with Crippen molar-refractivity contribution in [2.75, 3.05) is 0 Å². The van der Waals surface area contributed by atoms with Gasteiger partial charge >= 0.3 is 5.97 Å². The second-order valence-electron chi connectivity index (χ2n) is 7.91. The summed E-state index contributed by atoms with van der Waals surface area (Å²) in [7, 11) is 0. The van der Waals surface area contributed by atoms with Crippen LogP contribution >= 0.6 is 0 Å². The normalized spacial score (nSPS) is 12.5. The van der Waals surface area contributed by atoms with Gasteiger partial charge in [0.1, 0.15) is 0 Å². The minimum absolute atomic E-state index is 0. The van der Waals surface area contributed by atoms with E-state index in [1.165, 1.54) is 0 Å². The first-order chi connectivity index (χ1) is 16.1. The summed E-state index contributed by atoms with van der Waals surface area (Å²) >= 11 is 0. The molecule has 0 spiro atoms. The third-order valence-corrected chi connectivity index (χ3v) is 5.62. The van der Waals surface area contributed by atoms with Crippen LogP contribution in [0.1, 0.15) is 28.3 Å². The number of fused-ring (bicyclic) bond motifs is 8. The van der Waals surface area contributed by atoms with E-state index in [-0.39, 0.29) is 22.4 Å². The van der Waals surface area contributed by atoms with Gasteiger partial charge in [-0.15, -0.1) is 0 Å². The van der Waals surface area contributed by atoms with Crippen molar-refractivity contribution in [2.24, 2.45) is 0 Å². The fourth-order valence-electron chi connectivity index (χ4n) is 4.19. The monoisotopic (exact) mass is 489 g/mol. The molecule has 5 heterocycles. The number of H-pyrrole nitrogens is 2. The number of rotatable bonds is 2. The number of hydrogen-bond donors (Lipinski definition) is 3. The molecule has 0 fully saturated rings. The molecule has 6 nitrogen and oxygen atoms in total. The molecule has 1 radical (unpaired) electrons. The standard InChI is InChI=1S/C27H18N4O2.Co/c32-27(33)26-24-15-22-11-9-20(30-22)13-18-7-6-17(28-18)12-19-8-10-21(29-19)14-23(31-24)25(26)16-4-2-1-3-5-16;/h1-15,28-29H,(H,32,33);. The van der Waals surface area contributed by atoms with Crippen molar-refractivity contribution in [2.45, 2.75) is 0 Å². The zero-order valence-corrected chi connectivity index (χ0v) is 18.8. The van der Waals surface area contributed by atoms with Gasteiger partial charge in [0.05, 0.1) is 28.3 Å². The third kappa shape index (κ3) is 3.98. The number of carboxylic acid groups (broad SMARTS) is 1. The van der Waals surface area contributed by atoms with Crippen LogP contribution in [0.3, 0.4) is 0 Å². The average molecular weight is 489 g/mol. The van der Waals surface area contributed by atoms with Crippen molar-refractivity contribution in [1.29, 1.82) is 0 Å². The number of nitrogens with one attached hydrogen (secondary N) is 2. The second-order valence-corrected chi connectivity index (χ2v) is 7.91. The zero-order chi connectivity index (χ0) is 22.4. The van der Waals surface area contributed by atoms with Crippen LogP contribution in [0.4, 0.5) is 0 Å². The fourth-order valence-corrected chi connectivity index (χ4v) is 4.19. The number of benzene rings is 1. The van der Waals surface area contributed by atoms with Crippen LogP contribution in [0.25, 0.3) is 45.4 Å². The van der Waals surface area contributed by atoms with Crippen LogP contribution in [-0.2, 0) is 21.6 Å². The van der Waals surface area contributed by atoms with Gasteiger partial charge in [-0.1, -0.05) is 30.3 Å². The van der Waals surface area contributed by atoms with Gasteiger partial charge in [0.25, 0.3) is 0 Å². The largest absolute Gasteiger partial charge is 0.478 e. The second kappa shape index (κ2) is 8.62. The molecule has 0 unspecified atom stereocenters. The summed E-state index contributed by atoms with van der Waals surface area (Å²) in [6, 6.07) is 25.0. The summed E-state index contributed by atoms with van der Waals surface area (Å²) in [6.45, 7) is 0. The Labute approximate surface area is 205 Å². The Balaban J connectivity index is 0.00000241.